The summed E-state index contributed by atoms with van der Waals surface area (Å²) in [5.74, 6) is 1.23. The van der Waals surface area contributed by atoms with Gasteiger partial charge in [-0.3, -0.25) is 9.69 Å². The molecule has 0 N–H and O–H groups in total. The fraction of sp³-hybridized carbons (Fsp3) is 0.304. The molecule has 0 saturated carbocycles. The van der Waals surface area contributed by atoms with Gasteiger partial charge in [0.1, 0.15) is 0 Å². The molecule has 1 amide bonds. The maximum atomic E-state index is 13.0. The molecule has 152 valence electrons. The number of thioether (sulfide) groups is 1. The van der Waals surface area contributed by atoms with E-state index in [1.54, 1.807) is 12.0 Å². The molecule has 4 nitrogen and oxygen atoms in total. The second-order valence-corrected chi connectivity index (χ2v) is 8.71. The maximum absolute atomic E-state index is 13.0. The van der Waals surface area contributed by atoms with Crippen LogP contribution < -0.4 is 14.4 Å². The summed E-state index contributed by atoms with van der Waals surface area (Å²) in [5.41, 5.74) is 3.97. The first-order chi connectivity index (χ1) is 13.8. The first-order valence-electron chi connectivity index (χ1n) is 9.54. The summed E-state index contributed by atoms with van der Waals surface area (Å²) in [6, 6.07) is 11.6. The van der Waals surface area contributed by atoms with Crippen molar-refractivity contribution in [1.29, 1.82) is 0 Å². The smallest absolute Gasteiger partial charge is 0.270 e. The zero-order valence-electron chi connectivity index (χ0n) is 17.3. The van der Waals surface area contributed by atoms with Gasteiger partial charge in [0.15, 0.2) is 15.8 Å². The van der Waals surface area contributed by atoms with Crippen molar-refractivity contribution in [3.05, 3.63) is 58.0 Å². The topological polar surface area (TPSA) is 38.8 Å². The molecule has 0 unspecified atom stereocenters. The summed E-state index contributed by atoms with van der Waals surface area (Å²) in [4.78, 5) is 15.2. The molecule has 1 saturated heterocycles. The number of carbonyl (C=O) groups excluding carboxylic acids is 1. The fourth-order valence-corrected chi connectivity index (χ4v) is 4.18. The van der Waals surface area contributed by atoms with Crippen LogP contribution in [0.25, 0.3) is 6.08 Å². The molecule has 1 atom stereocenters. The van der Waals surface area contributed by atoms with Gasteiger partial charge in [0.2, 0.25) is 0 Å². The maximum Gasteiger partial charge on any atom is 0.270 e. The molecule has 1 aliphatic rings. The molecule has 0 bridgehead atoms. The lowest BCUT2D eigenvalue weighted by Crippen LogP contribution is -2.27. The highest BCUT2D eigenvalue weighted by molar-refractivity contribution is 8.27. The number of hydrogen-bond donors (Lipinski definition) is 0. The van der Waals surface area contributed by atoms with Crippen LogP contribution >= 0.6 is 24.0 Å². The number of benzene rings is 2. The summed E-state index contributed by atoms with van der Waals surface area (Å²) >= 11 is 6.79. The normalized spacial score (nSPS) is 16.4. The standard InChI is InChI=1S/C23H25NO3S2/c1-6-16(4)27-19-10-8-17(12-20(19)26-5)13-21-22(25)24(23(28)29-21)18-9-7-14(2)15(3)11-18/h7-13,16H,6H2,1-5H3/b21-13+/t16-/m1/s1. The van der Waals surface area contributed by atoms with E-state index in [1.807, 2.05) is 63.2 Å². The monoisotopic (exact) mass is 427 g/mol. The van der Waals surface area contributed by atoms with Crippen molar-refractivity contribution in [2.24, 2.45) is 0 Å². The van der Waals surface area contributed by atoms with E-state index in [-0.39, 0.29) is 12.0 Å². The van der Waals surface area contributed by atoms with Crippen LogP contribution in [-0.4, -0.2) is 23.4 Å². The molecule has 0 radical (unpaired) electrons. The number of thiocarbonyl (C=S) groups is 1. The molecule has 1 heterocycles. The van der Waals surface area contributed by atoms with E-state index < -0.39 is 0 Å². The van der Waals surface area contributed by atoms with Crippen molar-refractivity contribution in [2.45, 2.75) is 40.2 Å². The third kappa shape index (κ3) is 4.65. The molecule has 1 fully saturated rings. The molecular formula is C23H25NO3S2. The van der Waals surface area contributed by atoms with E-state index in [4.69, 9.17) is 21.7 Å². The van der Waals surface area contributed by atoms with Crippen LogP contribution in [0, 0.1) is 13.8 Å². The number of rotatable bonds is 6. The lowest BCUT2D eigenvalue weighted by atomic mass is 10.1. The largest absolute Gasteiger partial charge is 0.493 e. The highest BCUT2D eigenvalue weighted by Crippen LogP contribution is 2.37. The summed E-state index contributed by atoms with van der Waals surface area (Å²) in [5, 5.41) is 0. The average molecular weight is 428 g/mol. The average Bonchev–Trinajstić information content (AvgIpc) is 2.98. The zero-order chi connectivity index (χ0) is 21.1. The Morgan fingerprint density at radius 1 is 1.14 bits per heavy atom. The Morgan fingerprint density at radius 3 is 2.55 bits per heavy atom. The van der Waals surface area contributed by atoms with E-state index in [0.717, 1.165) is 23.2 Å². The highest BCUT2D eigenvalue weighted by Gasteiger charge is 2.33. The van der Waals surface area contributed by atoms with Crippen molar-refractivity contribution in [3.8, 4) is 11.5 Å². The molecule has 3 rings (SSSR count). The number of methoxy groups -OCH3 is 1. The minimum Gasteiger partial charge on any atom is -0.493 e. The number of amides is 1. The van der Waals surface area contributed by atoms with Gasteiger partial charge in [-0.25, -0.2) is 0 Å². The predicted octanol–water partition coefficient (Wildman–Crippen LogP) is 5.90. The Morgan fingerprint density at radius 2 is 1.90 bits per heavy atom. The van der Waals surface area contributed by atoms with E-state index in [0.29, 0.717) is 20.7 Å². The molecule has 0 aliphatic carbocycles. The summed E-state index contributed by atoms with van der Waals surface area (Å²) in [6.45, 7) is 8.17. The van der Waals surface area contributed by atoms with Gasteiger partial charge in [-0.1, -0.05) is 43.0 Å². The fourth-order valence-electron chi connectivity index (χ4n) is 2.88. The van der Waals surface area contributed by atoms with Crippen LogP contribution in [0.5, 0.6) is 11.5 Å². The summed E-state index contributed by atoms with van der Waals surface area (Å²) < 4.78 is 11.9. The van der Waals surface area contributed by atoms with Gasteiger partial charge in [0.25, 0.3) is 5.91 Å². The van der Waals surface area contributed by atoms with Crippen LogP contribution in [0.1, 0.15) is 37.0 Å². The van der Waals surface area contributed by atoms with Crippen LogP contribution in [0.15, 0.2) is 41.3 Å². The first kappa shape index (κ1) is 21.4. The van der Waals surface area contributed by atoms with Crippen LogP contribution in [0.3, 0.4) is 0 Å². The van der Waals surface area contributed by atoms with Crippen LogP contribution in [0.4, 0.5) is 5.69 Å². The third-order valence-electron chi connectivity index (χ3n) is 4.93. The van der Waals surface area contributed by atoms with Crippen molar-refractivity contribution in [2.75, 3.05) is 12.0 Å². The number of hydrogen-bond acceptors (Lipinski definition) is 5. The number of anilines is 1. The Hall–Kier alpha value is -2.31. The summed E-state index contributed by atoms with van der Waals surface area (Å²) in [6.07, 6.45) is 2.85. The SMILES string of the molecule is CC[C@@H](C)Oc1ccc(/C=C2/SC(=S)N(c3ccc(C)c(C)c3)C2=O)cc1OC. The predicted molar refractivity (Wildman–Crippen MR) is 125 cm³/mol. The van der Waals surface area contributed by atoms with Crippen LogP contribution in [0.2, 0.25) is 0 Å². The molecule has 6 heteroatoms. The molecule has 29 heavy (non-hydrogen) atoms. The summed E-state index contributed by atoms with van der Waals surface area (Å²) in [7, 11) is 1.61. The molecule has 0 spiro atoms. The van der Waals surface area contributed by atoms with Crippen molar-refractivity contribution >= 4 is 46.0 Å². The third-order valence-corrected chi connectivity index (χ3v) is 6.23. The Kier molecular flexibility index (Phi) is 6.65. The molecule has 0 aromatic heterocycles. The lowest BCUT2D eigenvalue weighted by molar-refractivity contribution is -0.113. The second kappa shape index (κ2) is 9.01. The number of aryl methyl sites for hydroxylation is 2. The van der Waals surface area contributed by atoms with Gasteiger partial charge in [-0.15, -0.1) is 0 Å². The van der Waals surface area contributed by atoms with Gasteiger partial charge < -0.3 is 9.47 Å². The lowest BCUT2D eigenvalue weighted by Gasteiger charge is -2.16. The van der Waals surface area contributed by atoms with Gasteiger partial charge in [-0.05, 0) is 74.2 Å². The number of nitrogens with zero attached hydrogens (tertiary/aromatic N) is 1. The van der Waals surface area contributed by atoms with E-state index in [2.05, 4.69) is 6.92 Å². The van der Waals surface area contributed by atoms with E-state index in [1.165, 1.54) is 17.3 Å². The van der Waals surface area contributed by atoms with Crippen molar-refractivity contribution in [3.63, 3.8) is 0 Å². The second-order valence-electron chi connectivity index (χ2n) is 7.03. The molecule has 1 aliphatic heterocycles. The highest BCUT2D eigenvalue weighted by atomic mass is 32.2. The Labute approximate surface area is 181 Å². The van der Waals surface area contributed by atoms with Gasteiger partial charge in [-0.2, -0.15) is 0 Å². The Bertz CT molecular complexity index is 984. The number of carbonyl (C=O) groups is 1. The Balaban J connectivity index is 1.88. The van der Waals surface area contributed by atoms with Gasteiger partial charge in [0.05, 0.1) is 23.8 Å². The first-order valence-corrected chi connectivity index (χ1v) is 10.8. The van der Waals surface area contributed by atoms with E-state index in [9.17, 15) is 4.79 Å². The van der Waals surface area contributed by atoms with Crippen molar-refractivity contribution in [1.82, 2.24) is 0 Å². The quantitative estimate of drug-likeness (QED) is 0.424. The molecule has 2 aromatic rings. The minimum atomic E-state index is -0.109. The minimum absolute atomic E-state index is 0.101. The molecular weight excluding hydrogens is 402 g/mol. The molecule has 2 aromatic carbocycles. The van der Waals surface area contributed by atoms with Crippen molar-refractivity contribution < 1.29 is 14.3 Å². The van der Waals surface area contributed by atoms with Crippen LogP contribution in [-0.2, 0) is 4.79 Å². The zero-order valence-corrected chi connectivity index (χ0v) is 18.9. The van der Waals surface area contributed by atoms with E-state index >= 15 is 0 Å². The number of ether oxygens (including phenoxy) is 2. The van der Waals surface area contributed by atoms with Gasteiger partial charge >= 0.3 is 0 Å². The van der Waals surface area contributed by atoms with Gasteiger partial charge in [0, 0.05) is 0 Å².